The van der Waals surface area contributed by atoms with Gasteiger partial charge in [0.1, 0.15) is 0 Å². The van der Waals surface area contributed by atoms with Gasteiger partial charge in [-0.1, -0.05) is 43.3 Å². The zero-order chi connectivity index (χ0) is 14.7. The molecule has 0 saturated carbocycles. The molecule has 2 aromatic rings. The number of carbonyl (C=O) groups is 1. The van der Waals surface area contributed by atoms with Crippen molar-refractivity contribution in [3.05, 3.63) is 65.2 Å². The number of para-hydroxylation sites is 1. The van der Waals surface area contributed by atoms with Gasteiger partial charge in [-0.05, 0) is 29.7 Å². The molecular weight excluding hydrogens is 262 g/mol. The highest BCUT2D eigenvalue weighted by Crippen LogP contribution is 2.27. The normalized spacial score (nSPS) is 16.5. The number of hydrogen-bond donors (Lipinski definition) is 1. The summed E-state index contributed by atoms with van der Waals surface area (Å²) in [5, 5.41) is 3.08. The van der Waals surface area contributed by atoms with Gasteiger partial charge >= 0.3 is 0 Å². The van der Waals surface area contributed by atoms with E-state index in [1.54, 1.807) is 0 Å². The zero-order valence-corrected chi connectivity index (χ0v) is 12.1. The lowest BCUT2D eigenvalue weighted by Gasteiger charge is -2.15. The smallest absolute Gasteiger partial charge is 0.255 e. The molecule has 1 amide bonds. The third-order valence-corrected chi connectivity index (χ3v) is 3.74. The maximum Gasteiger partial charge on any atom is 0.255 e. The molecule has 1 unspecified atom stereocenters. The number of anilines is 1. The van der Waals surface area contributed by atoms with Crippen LogP contribution in [-0.2, 0) is 17.6 Å². The fourth-order valence-corrected chi connectivity index (χ4v) is 2.49. The van der Waals surface area contributed by atoms with Crippen LogP contribution in [-0.4, -0.2) is 18.6 Å². The summed E-state index contributed by atoms with van der Waals surface area (Å²) in [6, 6.07) is 15.5. The van der Waals surface area contributed by atoms with Gasteiger partial charge in [0.25, 0.3) is 5.91 Å². The molecule has 1 fully saturated rings. The highest BCUT2D eigenvalue weighted by Gasteiger charge is 2.24. The first-order valence-electron chi connectivity index (χ1n) is 7.36. The molecule has 1 atom stereocenters. The molecule has 1 N–H and O–H groups in total. The van der Waals surface area contributed by atoms with E-state index in [0.29, 0.717) is 11.7 Å². The standard InChI is InChI=1S/C18H19NO2/c1-2-13-9-6-10-15(11-16-12-21-16)17(13)19-18(20)14-7-4-3-5-8-14/h3-10,16H,2,11-12H2,1H3,(H,19,20). The largest absolute Gasteiger partial charge is 0.373 e. The predicted octanol–water partition coefficient (Wildman–Crippen LogP) is 3.44. The van der Waals surface area contributed by atoms with Crippen molar-refractivity contribution in [3.63, 3.8) is 0 Å². The van der Waals surface area contributed by atoms with Gasteiger partial charge in [-0.15, -0.1) is 0 Å². The van der Waals surface area contributed by atoms with E-state index in [1.165, 1.54) is 0 Å². The van der Waals surface area contributed by atoms with E-state index in [2.05, 4.69) is 30.4 Å². The fourth-order valence-electron chi connectivity index (χ4n) is 2.49. The van der Waals surface area contributed by atoms with Gasteiger partial charge < -0.3 is 10.1 Å². The van der Waals surface area contributed by atoms with Crippen molar-refractivity contribution in [1.29, 1.82) is 0 Å². The molecule has 1 aliphatic heterocycles. The number of ether oxygens (including phenoxy) is 1. The van der Waals surface area contributed by atoms with Crippen LogP contribution in [0.3, 0.4) is 0 Å². The van der Waals surface area contributed by atoms with Crippen molar-refractivity contribution in [2.45, 2.75) is 25.9 Å². The van der Waals surface area contributed by atoms with E-state index < -0.39 is 0 Å². The van der Waals surface area contributed by atoms with Crippen LogP contribution in [0.4, 0.5) is 5.69 Å². The number of hydrogen-bond acceptors (Lipinski definition) is 2. The summed E-state index contributed by atoms with van der Waals surface area (Å²) in [4.78, 5) is 12.4. The lowest BCUT2D eigenvalue weighted by molar-refractivity contribution is 0.102. The fraction of sp³-hybridized carbons (Fsp3) is 0.278. The number of rotatable bonds is 5. The molecule has 0 bridgehead atoms. The molecule has 3 nitrogen and oxygen atoms in total. The number of carbonyl (C=O) groups excluding carboxylic acids is 1. The van der Waals surface area contributed by atoms with Crippen molar-refractivity contribution in [3.8, 4) is 0 Å². The Morgan fingerprint density at radius 2 is 1.86 bits per heavy atom. The monoisotopic (exact) mass is 281 g/mol. The number of amides is 1. The molecule has 21 heavy (non-hydrogen) atoms. The summed E-state index contributed by atoms with van der Waals surface area (Å²) in [7, 11) is 0. The lowest BCUT2D eigenvalue weighted by Crippen LogP contribution is -2.15. The molecular formula is C18H19NO2. The third kappa shape index (κ3) is 3.31. The van der Waals surface area contributed by atoms with Crippen molar-refractivity contribution in [2.24, 2.45) is 0 Å². The van der Waals surface area contributed by atoms with E-state index in [1.807, 2.05) is 30.3 Å². The third-order valence-electron chi connectivity index (χ3n) is 3.74. The molecule has 1 heterocycles. The highest BCUT2D eigenvalue weighted by atomic mass is 16.6. The second-order valence-electron chi connectivity index (χ2n) is 5.28. The van der Waals surface area contributed by atoms with Gasteiger partial charge in [0.15, 0.2) is 0 Å². The summed E-state index contributed by atoms with van der Waals surface area (Å²) in [6.07, 6.45) is 2.06. The maximum absolute atomic E-state index is 12.4. The molecule has 0 spiro atoms. The minimum absolute atomic E-state index is 0.0607. The Hall–Kier alpha value is -2.13. The molecule has 2 aromatic carbocycles. The van der Waals surface area contributed by atoms with Crippen molar-refractivity contribution in [2.75, 3.05) is 11.9 Å². The molecule has 1 aliphatic rings. The predicted molar refractivity (Wildman–Crippen MR) is 83.7 cm³/mol. The minimum Gasteiger partial charge on any atom is -0.373 e. The maximum atomic E-state index is 12.4. The van der Waals surface area contributed by atoms with Crippen LogP contribution >= 0.6 is 0 Å². The first-order chi connectivity index (χ1) is 10.3. The van der Waals surface area contributed by atoms with Crippen LogP contribution in [0.2, 0.25) is 0 Å². The number of nitrogens with one attached hydrogen (secondary N) is 1. The van der Waals surface area contributed by atoms with Crippen LogP contribution in [0.25, 0.3) is 0 Å². The average molecular weight is 281 g/mol. The van der Waals surface area contributed by atoms with E-state index in [0.717, 1.165) is 36.3 Å². The molecule has 3 heteroatoms. The number of epoxide rings is 1. The van der Waals surface area contributed by atoms with Gasteiger partial charge in [-0.3, -0.25) is 4.79 Å². The van der Waals surface area contributed by atoms with Crippen LogP contribution in [0.15, 0.2) is 48.5 Å². The summed E-state index contributed by atoms with van der Waals surface area (Å²) >= 11 is 0. The topological polar surface area (TPSA) is 41.6 Å². The van der Waals surface area contributed by atoms with Gasteiger partial charge in [0.2, 0.25) is 0 Å². The zero-order valence-electron chi connectivity index (χ0n) is 12.1. The quantitative estimate of drug-likeness (QED) is 0.853. The molecule has 0 radical (unpaired) electrons. The van der Waals surface area contributed by atoms with E-state index >= 15 is 0 Å². The van der Waals surface area contributed by atoms with Crippen LogP contribution in [0.1, 0.15) is 28.4 Å². The summed E-state index contributed by atoms with van der Waals surface area (Å²) in [5.41, 5.74) is 3.94. The molecule has 3 rings (SSSR count). The minimum atomic E-state index is -0.0607. The van der Waals surface area contributed by atoms with Gasteiger partial charge in [-0.2, -0.15) is 0 Å². The van der Waals surface area contributed by atoms with Crippen molar-refractivity contribution < 1.29 is 9.53 Å². The Kier molecular flexibility index (Phi) is 4.02. The molecule has 0 aliphatic carbocycles. The summed E-state index contributed by atoms with van der Waals surface area (Å²) < 4.78 is 5.32. The van der Waals surface area contributed by atoms with Crippen LogP contribution in [0.5, 0.6) is 0 Å². The van der Waals surface area contributed by atoms with Gasteiger partial charge in [0.05, 0.1) is 12.7 Å². The second kappa shape index (κ2) is 6.10. The SMILES string of the molecule is CCc1cccc(CC2CO2)c1NC(=O)c1ccccc1. The van der Waals surface area contributed by atoms with E-state index in [4.69, 9.17) is 4.74 Å². The average Bonchev–Trinajstić information content (AvgIpc) is 3.33. The summed E-state index contributed by atoms with van der Waals surface area (Å²) in [5.74, 6) is -0.0607. The first-order valence-corrected chi connectivity index (χ1v) is 7.36. The highest BCUT2D eigenvalue weighted by molar-refractivity contribution is 6.05. The summed E-state index contributed by atoms with van der Waals surface area (Å²) in [6.45, 7) is 2.92. The number of benzene rings is 2. The lowest BCUT2D eigenvalue weighted by atomic mass is 10.0. The second-order valence-corrected chi connectivity index (χ2v) is 5.28. The molecule has 0 aromatic heterocycles. The Morgan fingerprint density at radius 1 is 1.14 bits per heavy atom. The Labute approximate surface area is 124 Å². The van der Waals surface area contributed by atoms with Crippen molar-refractivity contribution in [1.82, 2.24) is 0 Å². The van der Waals surface area contributed by atoms with E-state index in [9.17, 15) is 4.79 Å². The van der Waals surface area contributed by atoms with Gasteiger partial charge in [0, 0.05) is 17.7 Å². The van der Waals surface area contributed by atoms with Crippen LogP contribution in [0, 0.1) is 0 Å². The molecule has 1 saturated heterocycles. The van der Waals surface area contributed by atoms with E-state index in [-0.39, 0.29) is 5.91 Å². The molecule has 108 valence electrons. The first kappa shape index (κ1) is 13.8. The Balaban J connectivity index is 1.87. The van der Waals surface area contributed by atoms with Gasteiger partial charge in [-0.25, -0.2) is 0 Å². The van der Waals surface area contributed by atoms with Crippen molar-refractivity contribution >= 4 is 11.6 Å². The Bertz CT molecular complexity index is 633. The van der Waals surface area contributed by atoms with Crippen LogP contribution < -0.4 is 5.32 Å². The Morgan fingerprint density at radius 3 is 2.52 bits per heavy atom. The number of aryl methyl sites for hydroxylation is 1.